The van der Waals surface area contributed by atoms with Gasteiger partial charge < -0.3 is 25.4 Å². The normalized spacial score (nSPS) is 12.2. The summed E-state index contributed by atoms with van der Waals surface area (Å²) >= 11 is 0. The number of fused-ring (bicyclic) bond motifs is 1. The molecule has 0 aliphatic heterocycles. The van der Waals surface area contributed by atoms with Crippen LogP contribution in [0.5, 0.6) is 11.5 Å². The van der Waals surface area contributed by atoms with E-state index in [4.69, 9.17) is 15.2 Å². The van der Waals surface area contributed by atoms with Crippen LogP contribution in [-0.4, -0.2) is 49.7 Å². The minimum absolute atomic E-state index is 0.0230. The van der Waals surface area contributed by atoms with Crippen molar-refractivity contribution in [3.05, 3.63) is 47.5 Å². The molecule has 0 aliphatic carbocycles. The van der Waals surface area contributed by atoms with Crippen LogP contribution in [0, 0.1) is 11.6 Å². The Morgan fingerprint density at radius 1 is 1.07 bits per heavy atom. The third-order valence-corrected chi connectivity index (χ3v) is 4.64. The zero-order chi connectivity index (χ0) is 21.1. The first-order valence-corrected chi connectivity index (χ1v) is 8.89. The molecule has 2 aromatic carbocycles. The van der Waals surface area contributed by atoms with Crippen molar-refractivity contribution in [2.24, 2.45) is 0 Å². The highest BCUT2D eigenvalue weighted by molar-refractivity contribution is 5.91. The highest BCUT2D eigenvalue weighted by Gasteiger charge is 2.22. The van der Waals surface area contributed by atoms with E-state index in [-0.39, 0.29) is 23.9 Å². The average Bonchev–Trinajstić information content (AvgIpc) is 2.68. The summed E-state index contributed by atoms with van der Waals surface area (Å²) in [5.74, 6) is 0.285. The Morgan fingerprint density at radius 2 is 1.69 bits per heavy atom. The second-order valence-electron chi connectivity index (χ2n) is 6.65. The summed E-state index contributed by atoms with van der Waals surface area (Å²) in [4.78, 5) is 10.4. The number of halogens is 2. The molecule has 0 bridgehead atoms. The zero-order valence-corrected chi connectivity index (χ0v) is 16.7. The van der Waals surface area contributed by atoms with Gasteiger partial charge in [0.15, 0.2) is 11.5 Å². The second kappa shape index (κ2) is 8.44. The van der Waals surface area contributed by atoms with Gasteiger partial charge in [-0.2, -0.15) is 4.98 Å². The van der Waals surface area contributed by atoms with Gasteiger partial charge in [0.25, 0.3) is 0 Å². The molecule has 0 saturated heterocycles. The Hall–Kier alpha value is -3.20. The van der Waals surface area contributed by atoms with E-state index in [0.717, 1.165) is 0 Å². The zero-order valence-electron chi connectivity index (χ0n) is 16.7. The summed E-state index contributed by atoms with van der Waals surface area (Å²) in [6.45, 7) is 0.170. The maximum atomic E-state index is 14.2. The van der Waals surface area contributed by atoms with E-state index in [9.17, 15) is 8.78 Å². The van der Waals surface area contributed by atoms with Crippen molar-refractivity contribution < 1.29 is 18.3 Å². The largest absolute Gasteiger partial charge is 0.493 e. The highest BCUT2D eigenvalue weighted by Crippen LogP contribution is 2.34. The molecule has 0 saturated carbocycles. The molecule has 154 valence electrons. The van der Waals surface area contributed by atoms with E-state index in [2.05, 4.69) is 15.3 Å². The lowest BCUT2D eigenvalue weighted by Crippen LogP contribution is -2.29. The van der Waals surface area contributed by atoms with Crippen molar-refractivity contribution >= 4 is 22.7 Å². The number of nitrogens with two attached hydrogens (primary N) is 1. The molecule has 7 nitrogen and oxygen atoms in total. The van der Waals surface area contributed by atoms with Gasteiger partial charge in [-0.1, -0.05) is 6.07 Å². The fourth-order valence-electron chi connectivity index (χ4n) is 3.12. The predicted molar refractivity (Wildman–Crippen MR) is 108 cm³/mol. The van der Waals surface area contributed by atoms with Gasteiger partial charge in [-0.15, -0.1) is 0 Å². The van der Waals surface area contributed by atoms with Crippen molar-refractivity contribution in [3.63, 3.8) is 0 Å². The molecular formula is C20H23F2N5O2. The molecule has 1 atom stereocenters. The molecular weight excluding hydrogens is 380 g/mol. The number of likely N-dealkylation sites (N-methyl/N-ethyl adjacent to an activating group) is 1. The minimum atomic E-state index is -0.610. The lowest BCUT2D eigenvalue weighted by Gasteiger charge is -2.26. The van der Waals surface area contributed by atoms with Crippen molar-refractivity contribution in [3.8, 4) is 11.5 Å². The Kier molecular flexibility index (Phi) is 5.97. The third-order valence-electron chi connectivity index (χ3n) is 4.64. The van der Waals surface area contributed by atoms with Gasteiger partial charge in [-0.05, 0) is 32.3 Å². The molecule has 3 aromatic rings. The second-order valence-corrected chi connectivity index (χ2v) is 6.65. The van der Waals surface area contributed by atoms with Crippen LogP contribution in [0.2, 0.25) is 0 Å². The number of aromatic nitrogens is 2. The summed E-state index contributed by atoms with van der Waals surface area (Å²) in [6.07, 6.45) is 0. The SMILES string of the molecule is COc1cc2nc(NCC(c3c(F)cccc3F)N(C)C)nc(N)c2cc1OC. The number of hydrogen-bond acceptors (Lipinski definition) is 7. The lowest BCUT2D eigenvalue weighted by molar-refractivity contribution is 0.295. The Bertz CT molecular complexity index is 1010. The van der Waals surface area contributed by atoms with Crippen LogP contribution < -0.4 is 20.5 Å². The van der Waals surface area contributed by atoms with E-state index in [1.54, 1.807) is 31.1 Å². The number of nitrogens with zero attached hydrogens (tertiary/aromatic N) is 3. The molecule has 0 amide bonds. The molecule has 3 rings (SSSR count). The first-order valence-electron chi connectivity index (χ1n) is 8.89. The van der Waals surface area contributed by atoms with Crippen LogP contribution in [0.25, 0.3) is 10.9 Å². The number of anilines is 2. The first-order chi connectivity index (χ1) is 13.8. The fraction of sp³-hybridized carbons (Fsp3) is 0.300. The first kappa shape index (κ1) is 20.5. The van der Waals surface area contributed by atoms with Crippen molar-refractivity contribution in [1.29, 1.82) is 0 Å². The number of ether oxygens (including phenoxy) is 2. The van der Waals surface area contributed by atoms with Crippen LogP contribution in [0.3, 0.4) is 0 Å². The summed E-state index contributed by atoms with van der Waals surface area (Å²) in [5.41, 5.74) is 6.61. The van der Waals surface area contributed by atoms with Crippen molar-refractivity contribution in [2.45, 2.75) is 6.04 Å². The number of nitrogen functional groups attached to an aromatic ring is 1. The molecule has 0 radical (unpaired) electrons. The summed E-state index contributed by atoms with van der Waals surface area (Å²) < 4.78 is 39.1. The van der Waals surface area contributed by atoms with E-state index in [1.807, 2.05) is 0 Å². The van der Waals surface area contributed by atoms with Gasteiger partial charge >= 0.3 is 0 Å². The summed E-state index contributed by atoms with van der Waals surface area (Å²) in [7, 11) is 6.54. The minimum Gasteiger partial charge on any atom is -0.493 e. The van der Waals surface area contributed by atoms with Crippen molar-refractivity contribution in [2.75, 3.05) is 45.9 Å². The Morgan fingerprint density at radius 3 is 2.28 bits per heavy atom. The maximum absolute atomic E-state index is 14.2. The van der Waals surface area contributed by atoms with Gasteiger partial charge in [-0.3, -0.25) is 0 Å². The molecule has 3 N–H and O–H groups in total. The van der Waals surface area contributed by atoms with Crippen LogP contribution in [0.15, 0.2) is 30.3 Å². The number of nitrogens with one attached hydrogen (secondary N) is 1. The van der Waals surface area contributed by atoms with Crippen LogP contribution in [-0.2, 0) is 0 Å². The molecule has 0 aliphatic rings. The predicted octanol–water partition coefficient (Wildman–Crippen LogP) is 3.22. The Labute approximate surface area is 167 Å². The topological polar surface area (TPSA) is 85.5 Å². The standard InChI is InChI=1S/C20H23F2N5O2/c1-27(2)15(18-12(21)6-5-7-13(18)22)10-24-20-25-14-9-17(29-4)16(28-3)8-11(14)19(23)26-20/h5-9,15H,10H2,1-4H3,(H3,23,24,25,26). The van der Waals surface area contributed by atoms with E-state index in [1.165, 1.54) is 32.4 Å². The van der Waals surface area contributed by atoms with Gasteiger partial charge in [0.1, 0.15) is 17.5 Å². The number of rotatable bonds is 7. The number of benzene rings is 2. The number of methoxy groups -OCH3 is 2. The third kappa shape index (κ3) is 4.14. The molecule has 29 heavy (non-hydrogen) atoms. The lowest BCUT2D eigenvalue weighted by atomic mass is 10.0. The summed E-state index contributed by atoms with van der Waals surface area (Å²) in [5, 5.41) is 3.64. The molecule has 1 unspecified atom stereocenters. The maximum Gasteiger partial charge on any atom is 0.225 e. The quantitative estimate of drug-likeness (QED) is 0.626. The van der Waals surface area contributed by atoms with Crippen LogP contribution in [0.1, 0.15) is 11.6 Å². The number of hydrogen-bond donors (Lipinski definition) is 2. The van der Waals surface area contributed by atoms with Crippen LogP contribution in [0.4, 0.5) is 20.5 Å². The molecule has 0 fully saturated rings. The van der Waals surface area contributed by atoms with Crippen molar-refractivity contribution in [1.82, 2.24) is 14.9 Å². The van der Waals surface area contributed by atoms with Gasteiger partial charge in [0, 0.05) is 23.6 Å². The molecule has 1 aromatic heterocycles. The van der Waals surface area contributed by atoms with E-state index >= 15 is 0 Å². The van der Waals surface area contributed by atoms with Gasteiger partial charge in [0.2, 0.25) is 5.95 Å². The van der Waals surface area contributed by atoms with Crippen LogP contribution >= 0.6 is 0 Å². The fourth-order valence-corrected chi connectivity index (χ4v) is 3.12. The monoisotopic (exact) mass is 403 g/mol. The Balaban J connectivity index is 1.92. The van der Waals surface area contributed by atoms with E-state index in [0.29, 0.717) is 22.4 Å². The highest BCUT2D eigenvalue weighted by atomic mass is 19.1. The molecule has 1 heterocycles. The summed E-state index contributed by atoms with van der Waals surface area (Å²) in [6, 6.07) is 6.62. The van der Waals surface area contributed by atoms with Gasteiger partial charge in [0.05, 0.1) is 25.8 Å². The molecule has 0 spiro atoms. The van der Waals surface area contributed by atoms with E-state index < -0.39 is 17.7 Å². The molecule has 9 heteroatoms. The average molecular weight is 403 g/mol. The van der Waals surface area contributed by atoms with Gasteiger partial charge in [-0.25, -0.2) is 13.8 Å². The smallest absolute Gasteiger partial charge is 0.225 e.